The van der Waals surface area contributed by atoms with Gasteiger partial charge in [-0.2, -0.15) is 0 Å². The van der Waals surface area contributed by atoms with Gasteiger partial charge >= 0.3 is 0 Å². The van der Waals surface area contributed by atoms with Crippen LogP contribution in [0.3, 0.4) is 0 Å². The molecule has 2 heterocycles. The summed E-state index contributed by atoms with van der Waals surface area (Å²) in [6.07, 6.45) is 7.25. The van der Waals surface area contributed by atoms with Crippen molar-refractivity contribution in [1.29, 1.82) is 0 Å². The smallest absolute Gasteiger partial charge is 0.191 e. The van der Waals surface area contributed by atoms with Crippen molar-refractivity contribution in [3.05, 3.63) is 24.2 Å². The number of furan rings is 1. The van der Waals surface area contributed by atoms with E-state index in [0.717, 1.165) is 70.1 Å². The number of rotatable bonds is 9. The Morgan fingerprint density at radius 1 is 1.36 bits per heavy atom. The molecule has 3 rings (SSSR count). The first-order valence-corrected chi connectivity index (χ1v) is 10.4. The highest BCUT2D eigenvalue weighted by Crippen LogP contribution is 2.48. The summed E-state index contributed by atoms with van der Waals surface area (Å²) in [5, 5.41) is 7.20. The molecule has 0 spiro atoms. The SMILES string of the molecule is CCC1(CC)C(NC(=NCC2CCOC2)NCCc2ccco2)CC1OC.I. The summed E-state index contributed by atoms with van der Waals surface area (Å²) in [4.78, 5) is 4.87. The number of nitrogens with one attached hydrogen (secondary N) is 2. The molecule has 1 aromatic heterocycles. The summed E-state index contributed by atoms with van der Waals surface area (Å²) in [6.45, 7) is 7.82. The zero-order chi connectivity index (χ0) is 19.1. The van der Waals surface area contributed by atoms with Gasteiger partial charge in [0.05, 0.1) is 19.0 Å². The molecule has 2 fully saturated rings. The second-order valence-electron chi connectivity index (χ2n) is 7.77. The van der Waals surface area contributed by atoms with Crippen molar-refractivity contribution in [2.75, 3.05) is 33.4 Å². The number of guanidine groups is 1. The van der Waals surface area contributed by atoms with Gasteiger partial charge in [-0.3, -0.25) is 4.99 Å². The first-order valence-electron chi connectivity index (χ1n) is 10.4. The van der Waals surface area contributed by atoms with Crippen molar-refractivity contribution in [3.8, 4) is 0 Å². The summed E-state index contributed by atoms with van der Waals surface area (Å²) in [5.41, 5.74) is 0.189. The van der Waals surface area contributed by atoms with Crippen LogP contribution in [0.2, 0.25) is 0 Å². The zero-order valence-electron chi connectivity index (χ0n) is 17.4. The summed E-state index contributed by atoms with van der Waals surface area (Å²) < 4.78 is 16.7. The standard InChI is InChI=1S/C21H35N3O3.HI/c1-4-21(5-2)18(13-19(21)25-3)24-20(23-14-16-9-12-26-15-16)22-10-8-17-7-6-11-27-17;/h6-7,11,16,18-19H,4-5,8-10,12-15H2,1-3H3,(H2,22,23,24);1H. The first-order chi connectivity index (χ1) is 13.2. The molecule has 3 atom stereocenters. The Morgan fingerprint density at radius 3 is 2.79 bits per heavy atom. The van der Waals surface area contributed by atoms with Gasteiger partial charge in [-0.15, -0.1) is 24.0 Å². The number of aliphatic imine (C=N–C) groups is 1. The summed E-state index contributed by atoms with van der Waals surface area (Å²) in [7, 11) is 1.83. The molecule has 1 saturated carbocycles. The third-order valence-corrected chi connectivity index (χ3v) is 6.47. The lowest BCUT2D eigenvalue weighted by Crippen LogP contribution is -2.65. The van der Waals surface area contributed by atoms with E-state index in [1.165, 1.54) is 0 Å². The van der Waals surface area contributed by atoms with Crippen molar-refractivity contribution in [1.82, 2.24) is 10.6 Å². The van der Waals surface area contributed by atoms with E-state index in [0.29, 0.717) is 18.1 Å². The quantitative estimate of drug-likeness (QED) is 0.305. The van der Waals surface area contributed by atoms with Gasteiger partial charge in [0.25, 0.3) is 0 Å². The van der Waals surface area contributed by atoms with Gasteiger partial charge in [-0.05, 0) is 37.8 Å². The minimum Gasteiger partial charge on any atom is -0.469 e. The Morgan fingerprint density at radius 2 is 2.18 bits per heavy atom. The van der Waals surface area contributed by atoms with Gasteiger partial charge in [-0.1, -0.05) is 13.8 Å². The molecular weight excluding hydrogens is 469 g/mol. The van der Waals surface area contributed by atoms with Gasteiger partial charge in [0.2, 0.25) is 0 Å². The number of nitrogens with zero attached hydrogens (tertiary/aromatic N) is 1. The van der Waals surface area contributed by atoms with Crippen LogP contribution in [0.25, 0.3) is 0 Å². The normalized spacial score (nSPS) is 26.4. The average molecular weight is 505 g/mol. The van der Waals surface area contributed by atoms with Crippen molar-refractivity contribution in [3.63, 3.8) is 0 Å². The topological polar surface area (TPSA) is 68.0 Å². The van der Waals surface area contributed by atoms with Crippen molar-refractivity contribution in [2.24, 2.45) is 16.3 Å². The molecular formula is C21H36IN3O3. The van der Waals surface area contributed by atoms with Crippen LogP contribution in [-0.4, -0.2) is 51.5 Å². The second-order valence-corrected chi connectivity index (χ2v) is 7.77. The van der Waals surface area contributed by atoms with Crippen LogP contribution in [0.15, 0.2) is 27.8 Å². The summed E-state index contributed by atoms with van der Waals surface area (Å²) >= 11 is 0. The molecule has 0 amide bonds. The molecule has 1 saturated heterocycles. The largest absolute Gasteiger partial charge is 0.469 e. The summed E-state index contributed by atoms with van der Waals surface area (Å²) in [6, 6.07) is 4.33. The molecule has 1 aliphatic heterocycles. The van der Waals surface area contributed by atoms with Gasteiger partial charge in [0.15, 0.2) is 5.96 Å². The third-order valence-electron chi connectivity index (χ3n) is 6.47. The maximum absolute atomic E-state index is 5.74. The fourth-order valence-electron chi connectivity index (χ4n) is 4.50. The van der Waals surface area contributed by atoms with Crippen LogP contribution in [0, 0.1) is 11.3 Å². The van der Waals surface area contributed by atoms with Crippen LogP contribution in [0.4, 0.5) is 0 Å². The van der Waals surface area contributed by atoms with Crippen LogP contribution >= 0.6 is 24.0 Å². The lowest BCUT2D eigenvalue weighted by atomic mass is 9.58. The fourth-order valence-corrected chi connectivity index (χ4v) is 4.50. The summed E-state index contributed by atoms with van der Waals surface area (Å²) in [5.74, 6) is 2.42. The van der Waals surface area contributed by atoms with E-state index in [1.54, 1.807) is 6.26 Å². The first kappa shape index (κ1) is 23.5. The molecule has 28 heavy (non-hydrogen) atoms. The highest BCUT2D eigenvalue weighted by atomic mass is 127. The molecule has 7 heteroatoms. The van der Waals surface area contributed by atoms with Crippen molar-refractivity contribution in [2.45, 2.75) is 58.1 Å². The number of methoxy groups -OCH3 is 1. The average Bonchev–Trinajstić information content (AvgIpc) is 3.37. The Bertz CT molecular complexity index is 584. The van der Waals surface area contributed by atoms with Crippen LogP contribution in [0.1, 0.15) is 45.3 Å². The lowest BCUT2D eigenvalue weighted by Gasteiger charge is -2.55. The Balaban J connectivity index is 0.00000280. The van der Waals surface area contributed by atoms with Crippen LogP contribution < -0.4 is 10.6 Å². The van der Waals surface area contributed by atoms with E-state index >= 15 is 0 Å². The number of hydrogen-bond acceptors (Lipinski definition) is 4. The molecule has 0 bridgehead atoms. The van der Waals surface area contributed by atoms with Gasteiger partial charge in [0.1, 0.15) is 5.76 Å². The molecule has 0 aromatic carbocycles. The predicted molar refractivity (Wildman–Crippen MR) is 122 cm³/mol. The number of ether oxygens (including phenoxy) is 2. The maximum Gasteiger partial charge on any atom is 0.191 e. The number of halogens is 1. The molecule has 1 aliphatic carbocycles. The molecule has 2 aliphatic rings. The minimum absolute atomic E-state index is 0. The minimum atomic E-state index is 0. The van der Waals surface area contributed by atoms with Crippen molar-refractivity contribution >= 4 is 29.9 Å². The van der Waals surface area contributed by atoms with E-state index in [9.17, 15) is 0 Å². The highest BCUT2D eigenvalue weighted by molar-refractivity contribution is 14.0. The molecule has 0 radical (unpaired) electrons. The van der Waals surface area contributed by atoms with E-state index in [-0.39, 0.29) is 29.4 Å². The second kappa shape index (κ2) is 11.4. The van der Waals surface area contributed by atoms with Gasteiger partial charge < -0.3 is 24.5 Å². The zero-order valence-corrected chi connectivity index (χ0v) is 19.7. The Kier molecular flexibility index (Phi) is 9.56. The van der Waals surface area contributed by atoms with Crippen LogP contribution in [-0.2, 0) is 15.9 Å². The van der Waals surface area contributed by atoms with Crippen molar-refractivity contribution < 1.29 is 13.9 Å². The van der Waals surface area contributed by atoms with Gasteiger partial charge in [0, 0.05) is 50.6 Å². The van der Waals surface area contributed by atoms with E-state index in [1.807, 2.05) is 19.2 Å². The molecule has 6 nitrogen and oxygen atoms in total. The predicted octanol–water partition coefficient (Wildman–Crippen LogP) is 3.61. The number of hydrogen-bond donors (Lipinski definition) is 2. The Hall–Kier alpha value is -0.800. The molecule has 3 unspecified atom stereocenters. The Labute approximate surface area is 186 Å². The monoisotopic (exact) mass is 505 g/mol. The van der Waals surface area contributed by atoms with E-state index in [4.69, 9.17) is 18.9 Å². The van der Waals surface area contributed by atoms with E-state index < -0.39 is 0 Å². The third kappa shape index (κ3) is 5.42. The molecule has 2 N–H and O–H groups in total. The lowest BCUT2D eigenvalue weighted by molar-refractivity contribution is -0.118. The van der Waals surface area contributed by atoms with E-state index in [2.05, 4.69) is 24.5 Å². The fraction of sp³-hybridized carbons (Fsp3) is 0.762. The van der Waals surface area contributed by atoms with Gasteiger partial charge in [-0.25, -0.2) is 0 Å². The highest BCUT2D eigenvalue weighted by Gasteiger charge is 2.53. The molecule has 1 aromatic rings. The van der Waals surface area contributed by atoms with Crippen LogP contribution in [0.5, 0.6) is 0 Å². The molecule has 160 valence electrons. The maximum atomic E-state index is 5.74.